The number of amides is 1. The highest BCUT2D eigenvalue weighted by atomic mass is 32.2. The van der Waals surface area contributed by atoms with Crippen LogP contribution in [0.15, 0.2) is 18.2 Å². The number of hydrogen-bond acceptors (Lipinski definition) is 4. The molecular formula is C15H23NO4S. The lowest BCUT2D eigenvalue weighted by Gasteiger charge is -2.11. The van der Waals surface area contributed by atoms with E-state index in [-0.39, 0.29) is 18.1 Å². The lowest BCUT2D eigenvalue weighted by Crippen LogP contribution is -2.17. The van der Waals surface area contributed by atoms with E-state index in [1.54, 1.807) is 12.1 Å². The molecule has 0 aromatic heterocycles. The molecule has 21 heavy (non-hydrogen) atoms. The Kier molecular flexibility index (Phi) is 6.68. The summed E-state index contributed by atoms with van der Waals surface area (Å²) in [4.78, 5) is 11.7. The lowest BCUT2D eigenvalue weighted by atomic mass is 10.2. The van der Waals surface area contributed by atoms with Gasteiger partial charge in [-0.3, -0.25) is 4.79 Å². The fourth-order valence-corrected chi connectivity index (χ4v) is 2.25. The molecule has 1 aromatic carbocycles. The van der Waals surface area contributed by atoms with Crippen LogP contribution < -0.4 is 10.1 Å². The van der Waals surface area contributed by atoms with Crippen molar-refractivity contribution in [3.8, 4) is 5.75 Å². The highest BCUT2D eigenvalue weighted by Crippen LogP contribution is 2.21. The number of rotatable bonds is 8. The van der Waals surface area contributed by atoms with E-state index >= 15 is 0 Å². The first-order chi connectivity index (χ1) is 9.81. The predicted octanol–water partition coefficient (Wildman–Crippen LogP) is 2.55. The number of unbranched alkanes of at least 4 members (excludes halogenated alkanes) is 1. The average molecular weight is 313 g/mol. The number of sulfone groups is 1. The smallest absolute Gasteiger partial charge is 0.225 e. The van der Waals surface area contributed by atoms with Crippen LogP contribution in [0.5, 0.6) is 5.75 Å². The Morgan fingerprint density at radius 3 is 2.62 bits per heavy atom. The van der Waals surface area contributed by atoms with E-state index < -0.39 is 9.84 Å². The number of benzene rings is 1. The van der Waals surface area contributed by atoms with Gasteiger partial charge in [0, 0.05) is 18.4 Å². The van der Waals surface area contributed by atoms with Crippen LogP contribution in [-0.4, -0.2) is 32.9 Å². The summed E-state index contributed by atoms with van der Waals surface area (Å²) in [6.45, 7) is 4.65. The summed E-state index contributed by atoms with van der Waals surface area (Å²) in [6, 6.07) is 5.44. The van der Waals surface area contributed by atoms with Gasteiger partial charge >= 0.3 is 0 Å². The molecule has 5 nitrogen and oxygen atoms in total. The summed E-state index contributed by atoms with van der Waals surface area (Å²) < 4.78 is 27.6. The molecule has 6 heteroatoms. The van der Waals surface area contributed by atoms with Crippen LogP contribution in [0.25, 0.3) is 0 Å². The molecule has 1 aromatic rings. The Hall–Kier alpha value is -1.56. The molecule has 1 N–H and O–H groups in total. The van der Waals surface area contributed by atoms with Crippen LogP contribution in [-0.2, 0) is 14.6 Å². The van der Waals surface area contributed by atoms with E-state index in [1.165, 1.54) is 0 Å². The standard InChI is InChI=1S/C15H23NO4S/c1-4-5-9-20-13-6-7-14(12(2)11-13)16-15(17)8-10-21(3,18)19/h6-7,11H,4-5,8-10H2,1-3H3,(H,16,17). The van der Waals surface area contributed by atoms with Gasteiger partial charge < -0.3 is 10.1 Å². The molecule has 0 unspecified atom stereocenters. The van der Waals surface area contributed by atoms with Crippen LogP contribution in [0.1, 0.15) is 31.7 Å². The van der Waals surface area contributed by atoms with Crippen molar-refractivity contribution in [2.45, 2.75) is 33.1 Å². The number of hydrogen-bond donors (Lipinski definition) is 1. The number of aryl methyl sites for hydroxylation is 1. The topological polar surface area (TPSA) is 72.5 Å². The maximum absolute atomic E-state index is 11.7. The third-order valence-corrected chi connectivity index (χ3v) is 3.88. The van der Waals surface area contributed by atoms with Crippen LogP contribution in [0, 0.1) is 6.92 Å². The van der Waals surface area contributed by atoms with Gasteiger partial charge in [0.05, 0.1) is 12.4 Å². The molecule has 0 aliphatic rings. The van der Waals surface area contributed by atoms with E-state index in [0.29, 0.717) is 12.3 Å². The van der Waals surface area contributed by atoms with Crippen molar-refractivity contribution in [3.05, 3.63) is 23.8 Å². The molecule has 0 aliphatic carbocycles. The lowest BCUT2D eigenvalue weighted by molar-refractivity contribution is -0.115. The molecule has 1 rings (SSSR count). The maximum atomic E-state index is 11.7. The Morgan fingerprint density at radius 1 is 1.33 bits per heavy atom. The van der Waals surface area contributed by atoms with Gasteiger partial charge in [-0.2, -0.15) is 0 Å². The third-order valence-electron chi connectivity index (χ3n) is 2.94. The number of nitrogens with one attached hydrogen (secondary N) is 1. The summed E-state index contributed by atoms with van der Waals surface area (Å²) in [5.74, 6) is 0.328. The summed E-state index contributed by atoms with van der Waals surface area (Å²) in [5, 5.41) is 2.72. The molecule has 0 atom stereocenters. The molecule has 0 saturated carbocycles. The van der Waals surface area contributed by atoms with Crippen molar-refractivity contribution < 1.29 is 17.9 Å². The zero-order valence-electron chi connectivity index (χ0n) is 12.8. The average Bonchev–Trinajstić information content (AvgIpc) is 2.39. The number of carbonyl (C=O) groups excluding carboxylic acids is 1. The second-order valence-electron chi connectivity index (χ2n) is 5.11. The van der Waals surface area contributed by atoms with Crippen molar-refractivity contribution >= 4 is 21.4 Å². The van der Waals surface area contributed by atoms with Gasteiger partial charge in [-0.05, 0) is 37.1 Å². The van der Waals surface area contributed by atoms with Gasteiger partial charge in [0.2, 0.25) is 5.91 Å². The highest BCUT2D eigenvalue weighted by molar-refractivity contribution is 7.90. The fraction of sp³-hybridized carbons (Fsp3) is 0.533. The zero-order chi connectivity index (χ0) is 15.9. The summed E-state index contributed by atoms with van der Waals surface area (Å²) in [7, 11) is -3.12. The molecule has 0 bridgehead atoms. The normalized spacial score (nSPS) is 11.2. The SMILES string of the molecule is CCCCOc1ccc(NC(=O)CCS(C)(=O)=O)c(C)c1. The van der Waals surface area contributed by atoms with Crippen molar-refractivity contribution in [2.75, 3.05) is 23.9 Å². The minimum Gasteiger partial charge on any atom is -0.494 e. The highest BCUT2D eigenvalue weighted by Gasteiger charge is 2.09. The number of carbonyl (C=O) groups is 1. The maximum Gasteiger partial charge on any atom is 0.225 e. The molecule has 1 amide bonds. The van der Waals surface area contributed by atoms with E-state index in [0.717, 1.165) is 30.4 Å². The third kappa shape index (κ3) is 7.13. The summed E-state index contributed by atoms with van der Waals surface area (Å²) in [5.41, 5.74) is 1.56. The van der Waals surface area contributed by atoms with Crippen LogP contribution >= 0.6 is 0 Å². The van der Waals surface area contributed by atoms with Gasteiger partial charge in [-0.15, -0.1) is 0 Å². The van der Waals surface area contributed by atoms with Crippen molar-refractivity contribution in [1.29, 1.82) is 0 Å². The Labute approximate surface area is 126 Å². The molecule has 0 spiro atoms. The predicted molar refractivity (Wildman–Crippen MR) is 84.5 cm³/mol. The second kappa shape index (κ2) is 8.02. The molecule has 0 heterocycles. The van der Waals surface area contributed by atoms with E-state index in [9.17, 15) is 13.2 Å². The van der Waals surface area contributed by atoms with Crippen molar-refractivity contribution in [3.63, 3.8) is 0 Å². The molecule has 0 radical (unpaired) electrons. The van der Waals surface area contributed by atoms with E-state index in [4.69, 9.17) is 4.74 Å². The molecule has 118 valence electrons. The summed E-state index contributed by atoms with van der Waals surface area (Å²) in [6.07, 6.45) is 3.16. The van der Waals surface area contributed by atoms with Gasteiger partial charge in [0.1, 0.15) is 15.6 Å². The van der Waals surface area contributed by atoms with E-state index in [2.05, 4.69) is 12.2 Å². The first kappa shape index (κ1) is 17.5. The quantitative estimate of drug-likeness (QED) is 0.749. The monoisotopic (exact) mass is 313 g/mol. The van der Waals surface area contributed by atoms with Crippen molar-refractivity contribution in [2.24, 2.45) is 0 Å². The van der Waals surface area contributed by atoms with Crippen LogP contribution in [0.4, 0.5) is 5.69 Å². The minimum atomic E-state index is -3.12. The van der Waals surface area contributed by atoms with Crippen LogP contribution in [0.3, 0.4) is 0 Å². The van der Waals surface area contributed by atoms with Gasteiger partial charge in [-0.1, -0.05) is 13.3 Å². The first-order valence-corrected chi connectivity index (χ1v) is 9.09. The first-order valence-electron chi connectivity index (χ1n) is 7.03. The Balaban J connectivity index is 2.57. The molecule has 0 aliphatic heterocycles. The zero-order valence-corrected chi connectivity index (χ0v) is 13.6. The number of anilines is 1. The van der Waals surface area contributed by atoms with Gasteiger partial charge in [0.15, 0.2) is 0 Å². The van der Waals surface area contributed by atoms with Gasteiger partial charge in [0.25, 0.3) is 0 Å². The Bertz CT molecular complexity index is 581. The number of ether oxygens (including phenoxy) is 1. The van der Waals surface area contributed by atoms with Crippen LogP contribution in [0.2, 0.25) is 0 Å². The molecule has 0 saturated heterocycles. The van der Waals surface area contributed by atoms with Crippen molar-refractivity contribution in [1.82, 2.24) is 0 Å². The minimum absolute atomic E-state index is 0.0347. The largest absolute Gasteiger partial charge is 0.494 e. The molecule has 0 fully saturated rings. The Morgan fingerprint density at radius 2 is 2.05 bits per heavy atom. The molecular weight excluding hydrogens is 290 g/mol. The fourth-order valence-electron chi connectivity index (χ4n) is 1.69. The second-order valence-corrected chi connectivity index (χ2v) is 7.37. The van der Waals surface area contributed by atoms with E-state index in [1.807, 2.05) is 13.0 Å². The summed E-state index contributed by atoms with van der Waals surface area (Å²) >= 11 is 0. The van der Waals surface area contributed by atoms with Gasteiger partial charge in [-0.25, -0.2) is 8.42 Å².